The van der Waals surface area contributed by atoms with E-state index in [1.807, 2.05) is 0 Å². The minimum Gasteiger partial charge on any atom is -0.337 e. The minimum absolute atomic E-state index is 0.123. The van der Waals surface area contributed by atoms with Crippen molar-refractivity contribution in [1.82, 2.24) is 28.9 Å². The Labute approximate surface area is 123 Å². The monoisotopic (exact) mass is 310 g/mol. The number of nitrogens with zero attached hydrogens (tertiary/aromatic N) is 6. The van der Waals surface area contributed by atoms with E-state index < -0.39 is 10.0 Å². The average molecular weight is 310 g/mol. The number of hydrogen-bond donors (Lipinski definition) is 0. The maximum atomic E-state index is 12.6. The number of imidazole rings is 1. The summed E-state index contributed by atoms with van der Waals surface area (Å²) in [4.78, 5) is 5.79. The molecule has 0 bridgehead atoms. The van der Waals surface area contributed by atoms with Gasteiger partial charge in [-0.3, -0.25) is 0 Å². The van der Waals surface area contributed by atoms with Gasteiger partial charge in [-0.1, -0.05) is 0 Å². The second-order valence-electron chi connectivity index (χ2n) is 5.22. The van der Waals surface area contributed by atoms with Crippen molar-refractivity contribution >= 4 is 10.0 Å². The highest BCUT2D eigenvalue weighted by Crippen LogP contribution is 2.25. The zero-order chi connectivity index (χ0) is 15.0. The van der Waals surface area contributed by atoms with Crippen molar-refractivity contribution < 1.29 is 8.42 Å². The van der Waals surface area contributed by atoms with Crippen LogP contribution in [0.5, 0.6) is 0 Å². The standard InChI is InChI=1S/C12H18N6O2S/c1-10-15-12(9-16(10)2)21(19,20)17-7-3-11(4-8-17)18-13-5-6-14-18/h5-6,9,11H,3-4,7-8H2,1-2H3. The predicted molar refractivity (Wildman–Crippen MR) is 75.0 cm³/mol. The summed E-state index contributed by atoms with van der Waals surface area (Å²) < 4.78 is 28.3. The molecule has 0 unspecified atom stereocenters. The lowest BCUT2D eigenvalue weighted by Crippen LogP contribution is -2.39. The van der Waals surface area contributed by atoms with Crippen LogP contribution in [0.3, 0.4) is 0 Å². The van der Waals surface area contributed by atoms with Gasteiger partial charge in [-0.25, -0.2) is 13.4 Å². The summed E-state index contributed by atoms with van der Waals surface area (Å²) in [6.45, 7) is 2.71. The van der Waals surface area contributed by atoms with E-state index in [1.165, 1.54) is 4.31 Å². The first-order valence-corrected chi connectivity index (χ1v) is 8.28. The van der Waals surface area contributed by atoms with Crippen molar-refractivity contribution in [2.24, 2.45) is 7.05 Å². The lowest BCUT2D eigenvalue weighted by Gasteiger charge is -2.29. The Balaban J connectivity index is 1.74. The molecule has 2 aromatic rings. The number of aromatic nitrogens is 5. The second kappa shape index (κ2) is 5.23. The van der Waals surface area contributed by atoms with Gasteiger partial charge < -0.3 is 4.57 Å². The smallest absolute Gasteiger partial charge is 0.262 e. The van der Waals surface area contributed by atoms with Gasteiger partial charge in [0.15, 0.2) is 5.03 Å². The fourth-order valence-corrected chi connectivity index (χ4v) is 4.01. The van der Waals surface area contributed by atoms with Crippen LogP contribution in [-0.2, 0) is 17.1 Å². The zero-order valence-electron chi connectivity index (χ0n) is 12.0. The Morgan fingerprint density at radius 1 is 1.19 bits per heavy atom. The first kappa shape index (κ1) is 14.2. The summed E-state index contributed by atoms with van der Waals surface area (Å²) in [5.41, 5.74) is 0. The van der Waals surface area contributed by atoms with Gasteiger partial charge in [0, 0.05) is 26.3 Å². The summed E-state index contributed by atoms with van der Waals surface area (Å²) in [6, 6.07) is 0.164. The van der Waals surface area contributed by atoms with Gasteiger partial charge in [0.25, 0.3) is 10.0 Å². The third-order valence-corrected chi connectivity index (χ3v) is 5.65. The fourth-order valence-electron chi connectivity index (χ4n) is 2.51. The highest BCUT2D eigenvalue weighted by molar-refractivity contribution is 7.89. The number of hydrogen-bond acceptors (Lipinski definition) is 5. The summed E-state index contributed by atoms with van der Waals surface area (Å²) in [7, 11) is -1.72. The molecule has 1 fully saturated rings. The van der Waals surface area contributed by atoms with E-state index in [4.69, 9.17) is 0 Å². The first-order valence-electron chi connectivity index (χ1n) is 6.84. The van der Waals surface area contributed by atoms with Gasteiger partial charge in [-0.2, -0.15) is 19.3 Å². The molecule has 0 radical (unpaired) electrons. The summed E-state index contributed by atoms with van der Waals surface area (Å²) in [6.07, 6.45) is 6.25. The number of rotatable bonds is 3. The topological polar surface area (TPSA) is 85.9 Å². The Morgan fingerprint density at radius 2 is 1.81 bits per heavy atom. The molecule has 21 heavy (non-hydrogen) atoms. The molecule has 9 heteroatoms. The Bertz CT molecular complexity index is 694. The highest BCUT2D eigenvalue weighted by atomic mass is 32.2. The van der Waals surface area contributed by atoms with Crippen LogP contribution < -0.4 is 0 Å². The van der Waals surface area contributed by atoms with Gasteiger partial charge in [-0.15, -0.1) is 0 Å². The van der Waals surface area contributed by atoms with Crippen molar-refractivity contribution in [1.29, 1.82) is 0 Å². The molecule has 0 aliphatic carbocycles. The zero-order valence-corrected chi connectivity index (χ0v) is 12.9. The van der Waals surface area contributed by atoms with Crippen molar-refractivity contribution in [3.63, 3.8) is 0 Å². The molecule has 3 heterocycles. The van der Waals surface area contributed by atoms with Crippen LogP contribution in [0.15, 0.2) is 23.6 Å². The molecule has 114 valence electrons. The third kappa shape index (κ3) is 2.58. The summed E-state index contributed by atoms with van der Waals surface area (Å²) >= 11 is 0. The van der Waals surface area contributed by atoms with Crippen LogP contribution in [-0.4, -0.2) is 50.4 Å². The van der Waals surface area contributed by atoms with Crippen LogP contribution >= 0.6 is 0 Å². The van der Waals surface area contributed by atoms with Crippen LogP contribution in [0.2, 0.25) is 0 Å². The van der Waals surface area contributed by atoms with Crippen LogP contribution in [0.25, 0.3) is 0 Å². The van der Waals surface area contributed by atoms with Gasteiger partial charge in [0.05, 0.1) is 18.4 Å². The Kier molecular flexibility index (Phi) is 3.54. The molecule has 8 nitrogen and oxygen atoms in total. The van der Waals surface area contributed by atoms with Gasteiger partial charge >= 0.3 is 0 Å². The molecule has 1 aliphatic heterocycles. The quantitative estimate of drug-likeness (QED) is 0.816. The maximum Gasteiger partial charge on any atom is 0.262 e. The van der Waals surface area contributed by atoms with Gasteiger partial charge in [-0.05, 0) is 19.8 Å². The largest absolute Gasteiger partial charge is 0.337 e. The highest BCUT2D eigenvalue weighted by Gasteiger charge is 2.32. The molecule has 0 amide bonds. The van der Waals surface area contributed by atoms with Crippen molar-refractivity contribution in [2.45, 2.75) is 30.8 Å². The fraction of sp³-hybridized carbons (Fsp3) is 0.583. The molecule has 0 atom stereocenters. The lowest BCUT2D eigenvalue weighted by atomic mass is 10.1. The SMILES string of the molecule is Cc1nc(S(=O)(=O)N2CCC(n3nccn3)CC2)cn1C. The summed E-state index contributed by atoms with van der Waals surface area (Å²) in [5, 5.41) is 8.37. The maximum absolute atomic E-state index is 12.6. The predicted octanol–water partition coefficient (Wildman–Crippen LogP) is 0.346. The van der Waals surface area contributed by atoms with Gasteiger partial charge in [0.1, 0.15) is 5.82 Å². The van der Waals surface area contributed by atoms with Crippen molar-refractivity contribution in [3.05, 3.63) is 24.4 Å². The molecule has 3 rings (SSSR count). The molecule has 0 N–H and O–H groups in total. The van der Waals surface area contributed by atoms with Crippen molar-refractivity contribution in [3.8, 4) is 0 Å². The molecule has 0 spiro atoms. The molecule has 1 aliphatic rings. The second-order valence-corrected chi connectivity index (χ2v) is 7.11. The molecular weight excluding hydrogens is 292 g/mol. The number of aryl methyl sites for hydroxylation is 2. The van der Waals surface area contributed by atoms with E-state index >= 15 is 0 Å². The number of sulfonamides is 1. The van der Waals surface area contributed by atoms with E-state index in [9.17, 15) is 8.42 Å². The Morgan fingerprint density at radius 3 is 2.33 bits per heavy atom. The minimum atomic E-state index is -3.50. The van der Waals surface area contributed by atoms with E-state index in [0.29, 0.717) is 31.8 Å². The third-order valence-electron chi connectivity index (χ3n) is 3.88. The first-order chi connectivity index (χ1) is 9.98. The molecule has 0 aromatic carbocycles. The Hall–Kier alpha value is -1.74. The number of piperidine rings is 1. The van der Waals surface area contributed by atoms with Crippen LogP contribution in [0, 0.1) is 6.92 Å². The van der Waals surface area contributed by atoms with Crippen molar-refractivity contribution in [2.75, 3.05) is 13.1 Å². The normalized spacial score (nSPS) is 18.2. The molecule has 0 saturated carbocycles. The van der Waals surface area contributed by atoms with Gasteiger partial charge in [0.2, 0.25) is 0 Å². The van der Waals surface area contributed by atoms with Crippen LogP contribution in [0.1, 0.15) is 24.7 Å². The summed E-state index contributed by atoms with van der Waals surface area (Å²) in [5.74, 6) is 0.684. The van der Waals surface area contributed by atoms with Crippen LogP contribution in [0.4, 0.5) is 0 Å². The van der Waals surface area contributed by atoms with E-state index in [-0.39, 0.29) is 11.1 Å². The molecular formula is C12H18N6O2S. The van der Waals surface area contributed by atoms with E-state index in [0.717, 1.165) is 0 Å². The van der Waals surface area contributed by atoms with E-state index in [1.54, 1.807) is 41.9 Å². The average Bonchev–Trinajstić information content (AvgIpc) is 3.10. The lowest BCUT2D eigenvalue weighted by molar-refractivity contribution is 0.244. The molecule has 1 saturated heterocycles. The molecule has 2 aromatic heterocycles. The van der Waals surface area contributed by atoms with E-state index in [2.05, 4.69) is 15.2 Å².